The van der Waals surface area contributed by atoms with E-state index in [9.17, 15) is 17.9 Å². The Morgan fingerprint density at radius 1 is 1.35 bits per heavy atom. The molecular formula is C14H20FNO3S. The minimum Gasteiger partial charge on any atom is -0.393 e. The van der Waals surface area contributed by atoms with Crippen LogP contribution in [0, 0.1) is 18.7 Å². The molecule has 0 saturated heterocycles. The minimum absolute atomic E-state index is 0.0391. The molecule has 2 rings (SSSR count). The molecule has 2 unspecified atom stereocenters. The number of benzene rings is 1. The Hall–Kier alpha value is -0.980. The summed E-state index contributed by atoms with van der Waals surface area (Å²) in [7, 11) is -3.74. The molecular weight excluding hydrogens is 281 g/mol. The Kier molecular flexibility index (Phi) is 4.78. The van der Waals surface area contributed by atoms with Crippen LogP contribution < -0.4 is 4.72 Å². The second-order valence-corrected chi connectivity index (χ2v) is 7.11. The number of halogens is 1. The van der Waals surface area contributed by atoms with Gasteiger partial charge in [-0.15, -0.1) is 0 Å². The van der Waals surface area contributed by atoms with Gasteiger partial charge in [-0.2, -0.15) is 0 Å². The number of hydrogen-bond acceptors (Lipinski definition) is 3. The number of rotatable bonds is 4. The van der Waals surface area contributed by atoms with E-state index in [-0.39, 0.29) is 17.4 Å². The molecule has 1 saturated carbocycles. The molecule has 2 N–H and O–H groups in total. The van der Waals surface area contributed by atoms with Crippen molar-refractivity contribution < 1.29 is 17.9 Å². The largest absolute Gasteiger partial charge is 0.393 e. The van der Waals surface area contributed by atoms with Crippen LogP contribution in [-0.4, -0.2) is 26.2 Å². The average Bonchev–Trinajstić information content (AvgIpc) is 2.40. The van der Waals surface area contributed by atoms with Gasteiger partial charge in [0.2, 0.25) is 10.0 Å². The van der Waals surface area contributed by atoms with Crippen LogP contribution in [0.25, 0.3) is 0 Å². The molecule has 1 aliphatic carbocycles. The number of aliphatic hydroxyl groups excluding tert-OH is 1. The fourth-order valence-electron chi connectivity index (χ4n) is 2.58. The Labute approximate surface area is 119 Å². The molecule has 6 heteroatoms. The third kappa shape index (κ3) is 3.56. The Morgan fingerprint density at radius 2 is 2.05 bits per heavy atom. The van der Waals surface area contributed by atoms with Crippen molar-refractivity contribution in [1.29, 1.82) is 0 Å². The summed E-state index contributed by atoms with van der Waals surface area (Å²) < 4.78 is 40.1. The molecule has 1 aliphatic rings. The predicted octanol–water partition coefficient (Wildman–Crippen LogP) is 1.96. The number of sulfonamides is 1. The van der Waals surface area contributed by atoms with Gasteiger partial charge >= 0.3 is 0 Å². The highest BCUT2D eigenvalue weighted by Crippen LogP contribution is 2.24. The summed E-state index contributed by atoms with van der Waals surface area (Å²) in [4.78, 5) is -0.0391. The van der Waals surface area contributed by atoms with Gasteiger partial charge in [0.05, 0.1) is 11.0 Å². The van der Waals surface area contributed by atoms with Crippen LogP contribution in [0.1, 0.15) is 31.2 Å². The van der Waals surface area contributed by atoms with Crippen molar-refractivity contribution in [3.8, 4) is 0 Å². The van der Waals surface area contributed by atoms with Gasteiger partial charge in [-0.1, -0.05) is 18.9 Å². The predicted molar refractivity (Wildman–Crippen MR) is 74.3 cm³/mol. The number of hydrogen-bond donors (Lipinski definition) is 2. The van der Waals surface area contributed by atoms with Crippen LogP contribution >= 0.6 is 0 Å². The lowest BCUT2D eigenvalue weighted by molar-refractivity contribution is 0.0724. The standard InChI is InChI=1S/C14H20FNO3S/c1-10-6-7-12(15)8-14(10)20(18,19)16-9-11-4-2-3-5-13(11)17/h6-8,11,13,16-17H,2-5,9H2,1H3. The summed E-state index contributed by atoms with van der Waals surface area (Å²) in [5.41, 5.74) is 0.503. The van der Waals surface area contributed by atoms with Gasteiger partial charge in [-0.3, -0.25) is 0 Å². The van der Waals surface area contributed by atoms with Crippen molar-refractivity contribution in [3.63, 3.8) is 0 Å². The zero-order valence-electron chi connectivity index (χ0n) is 11.5. The summed E-state index contributed by atoms with van der Waals surface area (Å²) in [5, 5.41) is 9.84. The molecule has 1 aromatic carbocycles. The second-order valence-electron chi connectivity index (χ2n) is 5.37. The maximum Gasteiger partial charge on any atom is 0.240 e. The van der Waals surface area contributed by atoms with Gasteiger partial charge in [0.15, 0.2) is 0 Å². The molecule has 0 bridgehead atoms. The molecule has 112 valence electrons. The van der Waals surface area contributed by atoms with Crippen molar-refractivity contribution in [3.05, 3.63) is 29.6 Å². The lowest BCUT2D eigenvalue weighted by atomic mass is 9.87. The van der Waals surface area contributed by atoms with E-state index in [1.165, 1.54) is 12.1 Å². The maximum absolute atomic E-state index is 13.2. The fraction of sp³-hybridized carbons (Fsp3) is 0.571. The lowest BCUT2D eigenvalue weighted by Gasteiger charge is -2.27. The van der Waals surface area contributed by atoms with Gasteiger partial charge in [0.1, 0.15) is 5.82 Å². The molecule has 0 aliphatic heterocycles. The molecule has 1 fully saturated rings. The monoisotopic (exact) mass is 301 g/mol. The van der Waals surface area contributed by atoms with E-state index in [4.69, 9.17) is 0 Å². The zero-order valence-corrected chi connectivity index (χ0v) is 12.3. The van der Waals surface area contributed by atoms with Crippen LogP contribution in [-0.2, 0) is 10.0 Å². The molecule has 20 heavy (non-hydrogen) atoms. The van der Waals surface area contributed by atoms with Crippen LogP contribution in [0.5, 0.6) is 0 Å². The Balaban J connectivity index is 2.09. The zero-order chi connectivity index (χ0) is 14.8. The van der Waals surface area contributed by atoms with E-state index in [1.54, 1.807) is 6.92 Å². The van der Waals surface area contributed by atoms with Crippen LogP contribution in [0.3, 0.4) is 0 Å². The number of aliphatic hydroxyl groups is 1. The third-order valence-electron chi connectivity index (χ3n) is 3.84. The lowest BCUT2D eigenvalue weighted by Crippen LogP contribution is -2.36. The van der Waals surface area contributed by atoms with Crippen molar-refractivity contribution in [1.82, 2.24) is 4.72 Å². The molecule has 2 atom stereocenters. The van der Waals surface area contributed by atoms with Crippen molar-refractivity contribution >= 4 is 10.0 Å². The summed E-state index contributed by atoms with van der Waals surface area (Å²) >= 11 is 0. The highest BCUT2D eigenvalue weighted by Gasteiger charge is 2.25. The molecule has 0 radical (unpaired) electrons. The van der Waals surface area contributed by atoms with Crippen LogP contribution in [0.2, 0.25) is 0 Å². The summed E-state index contributed by atoms with van der Waals surface area (Å²) in [6, 6.07) is 3.70. The van der Waals surface area contributed by atoms with Crippen molar-refractivity contribution in [2.24, 2.45) is 5.92 Å². The molecule has 0 aromatic heterocycles. The summed E-state index contributed by atoms with van der Waals surface area (Å²) in [5.74, 6) is -0.638. The highest BCUT2D eigenvalue weighted by molar-refractivity contribution is 7.89. The first-order valence-corrected chi connectivity index (χ1v) is 8.32. The van der Waals surface area contributed by atoms with E-state index in [1.807, 2.05) is 0 Å². The van der Waals surface area contributed by atoms with Gasteiger partial charge in [0, 0.05) is 6.54 Å². The fourth-order valence-corrected chi connectivity index (χ4v) is 3.93. The normalized spacial score (nSPS) is 23.8. The first-order chi connectivity index (χ1) is 9.40. The van der Waals surface area contributed by atoms with Crippen molar-refractivity contribution in [2.45, 2.75) is 43.6 Å². The van der Waals surface area contributed by atoms with Gasteiger partial charge in [-0.25, -0.2) is 17.5 Å². The Morgan fingerprint density at radius 3 is 2.75 bits per heavy atom. The molecule has 0 amide bonds. The average molecular weight is 301 g/mol. The summed E-state index contributed by atoms with van der Waals surface area (Å²) in [6.07, 6.45) is 3.05. The molecule has 1 aromatic rings. The van der Waals surface area contributed by atoms with E-state index in [0.29, 0.717) is 12.0 Å². The molecule has 0 heterocycles. The van der Waals surface area contributed by atoms with Gasteiger partial charge < -0.3 is 5.11 Å². The van der Waals surface area contributed by atoms with Gasteiger partial charge in [0.25, 0.3) is 0 Å². The Bertz CT molecular complexity index is 574. The minimum atomic E-state index is -3.74. The van der Waals surface area contributed by atoms with E-state index in [2.05, 4.69) is 4.72 Å². The first kappa shape index (κ1) is 15.4. The quantitative estimate of drug-likeness (QED) is 0.893. The molecule has 0 spiro atoms. The highest BCUT2D eigenvalue weighted by atomic mass is 32.2. The topological polar surface area (TPSA) is 66.4 Å². The van der Waals surface area contributed by atoms with E-state index in [0.717, 1.165) is 25.3 Å². The molecule has 4 nitrogen and oxygen atoms in total. The van der Waals surface area contributed by atoms with Crippen molar-refractivity contribution in [2.75, 3.05) is 6.54 Å². The smallest absolute Gasteiger partial charge is 0.240 e. The third-order valence-corrected chi connectivity index (χ3v) is 5.41. The first-order valence-electron chi connectivity index (χ1n) is 6.84. The van der Waals surface area contributed by atoms with E-state index >= 15 is 0 Å². The summed E-state index contributed by atoms with van der Waals surface area (Å²) in [6.45, 7) is 1.82. The van der Waals surface area contributed by atoms with Crippen LogP contribution in [0.15, 0.2) is 23.1 Å². The maximum atomic E-state index is 13.2. The van der Waals surface area contributed by atoms with Crippen LogP contribution in [0.4, 0.5) is 4.39 Å². The number of aryl methyl sites for hydroxylation is 1. The van der Waals surface area contributed by atoms with E-state index < -0.39 is 21.9 Å². The van der Waals surface area contributed by atoms with Gasteiger partial charge in [-0.05, 0) is 43.4 Å². The SMILES string of the molecule is Cc1ccc(F)cc1S(=O)(=O)NCC1CCCCC1O. The second kappa shape index (κ2) is 6.20. The number of nitrogens with one attached hydrogen (secondary N) is 1.